The standard InChI is InChI=1S/C15H24INO2/c1-10(2)7-15-6-5-11(9-16)17(15)12(18)8-14(3,4)13(15)19/h10-11H,5-9H2,1-4H3/t11-,15+/m0/s1. The first-order chi connectivity index (χ1) is 8.74. The Labute approximate surface area is 129 Å². The van der Waals surface area contributed by atoms with Crippen molar-refractivity contribution in [2.24, 2.45) is 11.3 Å². The first-order valence-corrected chi connectivity index (χ1v) is 8.70. The van der Waals surface area contributed by atoms with Crippen LogP contribution in [0.2, 0.25) is 0 Å². The van der Waals surface area contributed by atoms with Crippen LogP contribution in [0.15, 0.2) is 0 Å². The SMILES string of the molecule is CC(C)C[C@@]12CC[C@@H](CI)N1C(=O)CC(C)(C)C2=O. The van der Waals surface area contributed by atoms with Gasteiger partial charge < -0.3 is 4.90 Å². The van der Waals surface area contributed by atoms with E-state index in [4.69, 9.17) is 0 Å². The molecule has 1 amide bonds. The van der Waals surface area contributed by atoms with Gasteiger partial charge in [0.25, 0.3) is 0 Å². The maximum atomic E-state index is 13.0. The summed E-state index contributed by atoms with van der Waals surface area (Å²) in [5.74, 6) is 0.908. The lowest BCUT2D eigenvalue weighted by Crippen LogP contribution is -2.64. The number of carbonyl (C=O) groups excluding carboxylic acids is 2. The molecule has 0 spiro atoms. The molecule has 19 heavy (non-hydrogen) atoms. The second-order valence-corrected chi connectivity index (χ2v) is 8.01. The van der Waals surface area contributed by atoms with Gasteiger partial charge in [-0.15, -0.1) is 0 Å². The van der Waals surface area contributed by atoms with Crippen molar-refractivity contribution in [3.63, 3.8) is 0 Å². The van der Waals surface area contributed by atoms with Gasteiger partial charge in [-0.05, 0) is 25.2 Å². The van der Waals surface area contributed by atoms with Gasteiger partial charge in [-0.2, -0.15) is 0 Å². The van der Waals surface area contributed by atoms with E-state index in [1.165, 1.54) is 0 Å². The van der Waals surface area contributed by atoms with Crippen LogP contribution in [0.25, 0.3) is 0 Å². The Hall–Kier alpha value is -0.130. The molecule has 4 heteroatoms. The highest BCUT2D eigenvalue weighted by atomic mass is 127. The third-order valence-electron chi connectivity index (χ3n) is 4.54. The van der Waals surface area contributed by atoms with Crippen LogP contribution < -0.4 is 0 Å². The minimum Gasteiger partial charge on any atom is -0.326 e. The lowest BCUT2D eigenvalue weighted by atomic mass is 9.67. The summed E-state index contributed by atoms with van der Waals surface area (Å²) in [4.78, 5) is 27.5. The van der Waals surface area contributed by atoms with Gasteiger partial charge in [-0.3, -0.25) is 9.59 Å². The molecule has 0 radical (unpaired) electrons. The van der Waals surface area contributed by atoms with Crippen LogP contribution in [0.3, 0.4) is 0 Å². The van der Waals surface area contributed by atoms with Crippen molar-refractivity contribution >= 4 is 34.3 Å². The number of alkyl halides is 1. The number of carbonyl (C=O) groups is 2. The van der Waals surface area contributed by atoms with Gasteiger partial charge in [-0.1, -0.05) is 50.3 Å². The van der Waals surface area contributed by atoms with E-state index in [-0.39, 0.29) is 11.9 Å². The van der Waals surface area contributed by atoms with Crippen molar-refractivity contribution in [2.75, 3.05) is 4.43 Å². The van der Waals surface area contributed by atoms with Crippen LogP contribution in [0.1, 0.15) is 53.4 Å². The van der Waals surface area contributed by atoms with Gasteiger partial charge >= 0.3 is 0 Å². The average molecular weight is 377 g/mol. The molecular formula is C15H24INO2. The zero-order chi connectivity index (χ0) is 14.4. The van der Waals surface area contributed by atoms with E-state index < -0.39 is 11.0 Å². The van der Waals surface area contributed by atoms with Crippen molar-refractivity contribution in [3.8, 4) is 0 Å². The van der Waals surface area contributed by atoms with Crippen molar-refractivity contribution in [1.29, 1.82) is 0 Å². The third-order valence-corrected chi connectivity index (χ3v) is 5.56. The minimum atomic E-state index is -0.511. The second kappa shape index (κ2) is 5.01. The number of hydrogen-bond acceptors (Lipinski definition) is 2. The smallest absolute Gasteiger partial charge is 0.224 e. The molecule has 2 fully saturated rings. The van der Waals surface area contributed by atoms with Crippen LogP contribution in [0.5, 0.6) is 0 Å². The summed E-state index contributed by atoms with van der Waals surface area (Å²) < 4.78 is 0.928. The summed E-state index contributed by atoms with van der Waals surface area (Å²) in [6.07, 6.45) is 3.02. The summed E-state index contributed by atoms with van der Waals surface area (Å²) in [6.45, 7) is 8.15. The average Bonchev–Trinajstić information content (AvgIpc) is 2.65. The molecule has 108 valence electrons. The fourth-order valence-electron chi connectivity index (χ4n) is 3.96. The summed E-state index contributed by atoms with van der Waals surface area (Å²) in [6, 6.07) is 0.256. The molecule has 3 nitrogen and oxygen atoms in total. The summed E-state index contributed by atoms with van der Waals surface area (Å²) in [5.41, 5.74) is -1.01. The maximum Gasteiger partial charge on any atom is 0.224 e. The highest BCUT2D eigenvalue weighted by Gasteiger charge is 2.60. The first-order valence-electron chi connectivity index (χ1n) is 7.17. The number of amides is 1. The molecule has 0 aromatic rings. The summed E-state index contributed by atoms with van der Waals surface area (Å²) in [5, 5.41) is 0. The Kier molecular flexibility index (Phi) is 4.02. The van der Waals surface area contributed by atoms with Gasteiger partial charge in [0.2, 0.25) is 5.91 Å². The van der Waals surface area contributed by atoms with Gasteiger partial charge in [0.15, 0.2) is 5.78 Å². The quantitative estimate of drug-likeness (QED) is 0.560. The van der Waals surface area contributed by atoms with Crippen LogP contribution in [0.4, 0.5) is 0 Å². The molecule has 0 unspecified atom stereocenters. The fourth-order valence-corrected chi connectivity index (χ4v) is 4.79. The Balaban J connectivity index is 2.46. The van der Waals surface area contributed by atoms with E-state index in [1.54, 1.807) is 0 Å². The van der Waals surface area contributed by atoms with Crippen molar-refractivity contribution < 1.29 is 9.59 Å². The Morgan fingerprint density at radius 1 is 1.37 bits per heavy atom. The van der Waals surface area contributed by atoms with Crippen molar-refractivity contribution in [1.82, 2.24) is 4.90 Å². The number of fused-ring (bicyclic) bond motifs is 1. The molecule has 0 aliphatic carbocycles. The van der Waals surface area contributed by atoms with Crippen LogP contribution >= 0.6 is 22.6 Å². The molecule has 0 aromatic carbocycles. The van der Waals surface area contributed by atoms with Crippen LogP contribution in [-0.4, -0.2) is 32.6 Å². The normalized spacial score (nSPS) is 34.0. The molecule has 2 saturated heterocycles. The van der Waals surface area contributed by atoms with E-state index in [1.807, 2.05) is 18.7 Å². The Morgan fingerprint density at radius 2 is 2.00 bits per heavy atom. The first kappa shape index (κ1) is 15.3. The molecule has 0 N–H and O–H groups in total. The number of hydrogen-bond donors (Lipinski definition) is 0. The van der Waals surface area contributed by atoms with Gasteiger partial charge in [-0.25, -0.2) is 0 Å². The third kappa shape index (κ3) is 2.34. The Bertz CT molecular complexity index is 405. The summed E-state index contributed by atoms with van der Waals surface area (Å²) >= 11 is 2.34. The molecule has 2 heterocycles. The lowest BCUT2D eigenvalue weighted by Gasteiger charge is -2.49. The fraction of sp³-hybridized carbons (Fsp3) is 0.867. The lowest BCUT2D eigenvalue weighted by molar-refractivity contribution is -0.162. The molecule has 2 aliphatic heterocycles. The van der Waals surface area contributed by atoms with Crippen LogP contribution in [-0.2, 0) is 9.59 Å². The van der Waals surface area contributed by atoms with E-state index in [0.29, 0.717) is 18.1 Å². The van der Waals surface area contributed by atoms with Crippen LogP contribution in [0, 0.1) is 11.3 Å². The van der Waals surface area contributed by atoms with E-state index in [9.17, 15) is 9.59 Å². The molecule has 2 rings (SSSR count). The summed E-state index contributed by atoms with van der Waals surface area (Å²) in [7, 11) is 0. The topological polar surface area (TPSA) is 37.4 Å². The minimum absolute atomic E-state index is 0.185. The maximum absolute atomic E-state index is 13.0. The highest BCUT2D eigenvalue weighted by molar-refractivity contribution is 14.1. The monoisotopic (exact) mass is 377 g/mol. The molecule has 2 atom stereocenters. The number of Topliss-reactive ketones (excluding diaryl/α,β-unsaturated/α-hetero) is 1. The van der Waals surface area contributed by atoms with Gasteiger partial charge in [0.05, 0.1) is 0 Å². The zero-order valence-electron chi connectivity index (χ0n) is 12.3. The number of halogens is 1. The number of nitrogens with zero attached hydrogens (tertiary/aromatic N) is 1. The molecular weight excluding hydrogens is 353 g/mol. The van der Waals surface area contributed by atoms with E-state index in [2.05, 4.69) is 36.4 Å². The Morgan fingerprint density at radius 3 is 2.53 bits per heavy atom. The van der Waals surface area contributed by atoms with E-state index >= 15 is 0 Å². The van der Waals surface area contributed by atoms with Crippen molar-refractivity contribution in [3.05, 3.63) is 0 Å². The molecule has 2 aliphatic rings. The number of piperidine rings is 1. The van der Waals surface area contributed by atoms with Gasteiger partial charge in [0, 0.05) is 22.3 Å². The number of ketones is 1. The predicted octanol–water partition coefficient (Wildman–Crippen LogP) is 3.20. The largest absolute Gasteiger partial charge is 0.326 e. The van der Waals surface area contributed by atoms with Gasteiger partial charge in [0.1, 0.15) is 5.54 Å². The molecule has 0 aromatic heterocycles. The molecule has 0 bridgehead atoms. The second-order valence-electron chi connectivity index (χ2n) is 7.13. The zero-order valence-corrected chi connectivity index (χ0v) is 14.5. The highest BCUT2D eigenvalue weighted by Crippen LogP contribution is 2.49. The van der Waals surface area contributed by atoms with E-state index in [0.717, 1.165) is 23.7 Å². The van der Waals surface area contributed by atoms with Crippen molar-refractivity contribution in [2.45, 2.75) is 65.0 Å². The predicted molar refractivity (Wildman–Crippen MR) is 84.3 cm³/mol. The number of rotatable bonds is 3. The molecule has 0 saturated carbocycles.